The van der Waals surface area contributed by atoms with Gasteiger partial charge in [-0.15, -0.1) is 0 Å². The number of aromatic nitrogens is 4. The third-order valence-corrected chi connectivity index (χ3v) is 6.38. The molecular formula is C28H35F2N7O5. The number of nitrogens with zero attached hydrogens (tertiary/aromatic N) is 4. The van der Waals surface area contributed by atoms with Crippen molar-refractivity contribution < 1.29 is 27.9 Å². The van der Waals surface area contributed by atoms with E-state index >= 15 is 0 Å². The van der Waals surface area contributed by atoms with Crippen LogP contribution in [-0.4, -0.2) is 69.6 Å². The van der Waals surface area contributed by atoms with Crippen LogP contribution in [-0.2, 0) is 27.3 Å². The molecule has 0 fully saturated rings. The lowest BCUT2D eigenvalue weighted by molar-refractivity contribution is -0.123. The van der Waals surface area contributed by atoms with Crippen LogP contribution in [0, 0.1) is 24.5 Å². The Kier molecular flexibility index (Phi) is 10.5. The maximum Gasteiger partial charge on any atom is 0.407 e. The number of aromatic amines is 1. The summed E-state index contributed by atoms with van der Waals surface area (Å²) in [5, 5.41) is 4.76. The first-order chi connectivity index (χ1) is 19.8. The van der Waals surface area contributed by atoms with Gasteiger partial charge in [0, 0.05) is 20.2 Å². The molecule has 3 aromatic rings. The summed E-state index contributed by atoms with van der Waals surface area (Å²) in [6.45, 7) is 5.14. The highest BCUT2D eigenvalue weighted by molar-refractivity contribution is 5.96. The number of ether oxygens (including phenoxy) is 1. The van der Waals surface area contributed by atoms with Crippen LogP contribution in [0.3, 0.4) is 0 Å². The van der Waals surface area contributed by atoms with Crippen LogP contribution in [0.15, 0.2) is 29.2 Å². The number of carbonyl (C=O) groups excluding carboxylic acids is 3. The smallest absolute Gasteiger partial charge is 0.407 e. The molecule has 0 bridgehead atoms. The zero-order chi connectivity index (χ0) is 31.1. The molecule has 3 rings (SSSR count). The normalized spacial score (nSPS) is 12.1. The van der Waals surface area contributed by atoms with Gasteiger partial charge in [0.25, 0.3) is 5.56 Å². The van der Waals surface area contributed by atoms with E-state index in [-0.39, 0.29) is 53.9 Å². The number of imidazole rings is 1. The highest BCUT2D eigenvalue weighted by Gasteiger charge is 2.23. The number of methoxy groups -OCH3 is 1. The molecule has 3 aromatic heterocycles. The van der Waals surface area contributed by atoms with Gasteiger partial charge >= 0.3 is 6.09 Å². The largest absolute Gasteiger partial charge is 0.453 e. The van der Waals surface area contributed by atoms with Gasteiger partial charge in [0.05, 0.1) is 36.8 Å². The zero-order valence-corrected chi connectivity index (χ0v) is 24.4. The minimum Gasteiger partial charge on any atom is -0.453 e. The summed E-state index contributed by atoms with van der Waals surface area (Å²) < 4.78 is 35.1. The van der Waals surface area contributed by atoms with Crippen LogP contribution in [0.4, 0.5) is 19.3 Å². The second-order valence-electron chi connectivity index (χ2n) is 10.3. The number of pyridine rings is 2. The molecule has 3 amide bonds. The van der Waals surface area contributed by atoms with Crippen molar-refractivity contribution in [3.63, 3.8) is 0 Å². The first kappa shape index (κ1) is 31.9. The van der Waals surface area contributed by atoms with E-state index in [1.54, 1.807) is 20.2 Å². The lowest BCUT2D eigenvalue weighted by Crippen LogP contribution is -2.44. The molecular weight excluding hydrogens is 552 g/mol. The third-order valence-electron chi connectivity index (χ3n) is 6.38. The Morgan fingerprint density at radius 1 is 1.21 bits per heavy atom. The Morgan fingerprint density at radius 3 is 2.57 bits per heavy atom. The van der Waals surface area contributed by atoms with Gasteiger partial charge in [-0.05, 0) is 38.2 Å². The highest BCUT2D eigenvalue weighted by Crippen LogP contribution is 2.21. The number of likely N-dealkylation sites (N-methyl/N-ethyl adjacent to an activating group) is 1. The van der Waals surface area contributed by atoms with Crippen LogP contribution < -0.4 is 16.2 Å². The number of alkyl carbamates (subject to hydrolysis) is 1. The molecule has 3 heterocycles. The monoisotopic (exact) mass is 587 g/mol. The Bertz CT molecular complexity index is 1560. The summed E-state index contributed by atoms with van der Waals surface area (Å²) in [5.41, 5.74) is -0.0721. The third kappa shape index (κ3) is 7.77. The molecule has 14 heteroatoms. The minimum atomic E-state index is -1.17. The molecule has 0 aliphatic carbocycles. The summed E-state index contributed by atoms with van der Waals surface area (Å²) in [5.74, 6) is -2.04. The van der Waals surface area contributed by atoms with E-state index < -0.39 is 35.2 Å². The van der Waals surface area contributed by atoms with Gasteiger partial charge < -0.3 is 29.8 Å². The van der Waals surface area contributed by atoms with E-state index in [4.69, 9.17) is 0 Å². The molecule has 0 aliphatic heterocycles. The standard InChI is InChI=1S/C28H35F2N7O5/c1-15(2)11-20-25-24(18(30)13-31-20)34-22(35-25)14-37-16(3)17(29)12-21(27(37)40)32-26(39)19(33-28(41)42-6)9-7-8-10-23(38)36(4)5/h8,10,12-13,15,19H,7,9,11,14H2,1-6H3,(H,32,39)(H,33,41)(H,34,35)/b10-8+/t19-/m0/s1. The predicted octanol–water partition coefficient (Wildman–Crippen LogP) is 3.04. The molecule has 3 N–H and O–H groups in total. The Balaban J connectivity index is 1.88. The summed E-state index contributed by atoms with van der Waals surface area (Å²) in [6.07, 6.45) is 3.91. The predicted molar refractivity (Wildman–Crippen MR) is 152 cm³/mol. The van der Waals surface area contributed by atoms with Gasteiger partial charge in [-0.25, -0.2) is 18.6 Å². The minimum absolute atomic E-state index is 0.0283. The van der Waals surface area contributed by atoms with Crippen molar-refractivity contribution in [2.24, 2.45) is 5.92 Å². The topological polar surface area (TPSA) is 151 Å². The number of anilines is 1. The second kappa shape index (κ2) is 13.8. The first-order valence-electron chi connectivity index (χ1n) is 13.3. The van der Waals surface area contributed by atoms with Crippen molar-refractivity contribution in [2.45, 2.75) is 52.6 Å². The maximum absolute atomic E-state index is 15.0. The summed E-state index contributed by atoms with van der Waals surface area (Å²) in [7, 11) is 4.30. The van der Waals surface area contributed by atoms with Gasteiger partial charge in [0.15, 0.2) is 5.82 Å². The number of rotatable bonds is 11. The SMILES string of the molecule is COC(=O)N[C@@H](CC/C=C/C(=O)N(C)C)C(=O)Nc1cc(F)c(C)n(Cc2nc3c(F)cnc(CC(C)C)c3[nH]2)c1=O. The van der Waals surface area contributed by atoms with Crippen molar-refractivity contribution in [1.82, 2.24) is 29.7 Å². The molecule has 0 unspecified atom stereocenters. The Morgan fingerprint density at radius 2 is 1.93 bits per heavy atom. The maximum atomic E-state index is 15.0. The van der Waals surface area contributed by atoms with E-state index in [0.29, 0.717) is 17.6 Å². The van der Waals surface area contributed by atoms with Gasteiger partial charge in [0.2, 0.25) is 11.8 Å². The Hall–Kier alpha value is -4.62. The first-order valence-corrected chi connectivity index (χ1v) is 13.3. The average molecular weight is 588 g/mol. The van der Waals surface area contributed by atoms with E-state index in [0.717, 1.165) is 23.9 Å². The number of fused-ring (bicyclic) bond motifs is 1. The van der Waals surface area contributed by atoms with Crippen molar-refractivity contribution in [3.05, 3.63) is 63.6 Å². The average Bonchev–Trinajstić information content (AvgIpc) is 3.37. The van der Waals surface area contributed by atoms with Crippen molar-refractivity contribution in [3.8, 4) is 0 Å². The fourth-order valence-corrected chi connectivity index (χ4v) is 4.12. The molecule has 226 valence electrons. The number of hydrogen-bond donors (Lipinski definition) is 3. The summed E-state index contributed by atoms with van der Waals surface area (Å²) in [6, 6.07) is -0.279. The van der Waals surface area contributed by atoms with Crippen LogP contribution in [0.5, 0.6) is 0 Å². The molecule has 0 radical (unpaired) electrons. The van der Waals surface area contributed by atoms with Crippen molar-refractivity contribution in [2.75, 3.05) is 26.5 Å². The molecule has 0 saturated carbocycles. The molecule has 12 nitrogen and oxygen atoms in total. The molecule has 0 spiro atoms. The van der Waals surface area contributed by atoms with Gasteiger partial charge in [-0.1, -0.05) is 19.9 Å². The number of nitrogens with one attached hydrogen (secondary N) is 3. The van der Waals surface area contributed by atoms with E-state index in [2.05, 4.69) is 30.3 Å². The van der Waals surface area contributed by atoms with Crippen molar-refractivity contribution in [1.29, 1.82) is 0 Å². The van der Waals surface area contributed by atoms with Crippen LogP contribution in [0.25, 0.3) is 11.0 Å². The van der Waals surface area contributed by atoms with Crippen LogP contribution in [0.2, 0.25) is 0 Å². The van der Waals surface area contributed by atoms with Gasteiger partial charge in [-0.3, -0.25) is 19.4 Å². The van der Waals surface area contributed by atoms with Gasteiger partial charge in [-0.2, -0.15) is 0 Å². The molecule has 0 saturated heterocycles. The zero-order valence-electron chi connectivity index (χ0n) is 24.4. The number of halogens is 2. The van der Waals surface area contributed by atoms with Gasteiger partial charge in [0.1, 0.15) is 28.9 Å². The van der Waals surface area contributed by atoms with E-state index in [1.807, 2.05) is 13.8 Å². The molecule has 1 atom stereocenters. The van der Waals surface area contributed by atoms with Crippen LogP contribution in [0.1, 0.15) is 43.9 Å². The van der Waals surface area contributed by atoms with E-state index in [1.165, 1.54) is 17.9 Å². The summed E-state index contributed by atoms with van der Waals surface area (Å²) >= 11 is 0. The molecule has 0 aliphatic rings. The number of amides is 3. The van der Waals surface area contributed by atoms with E-state index in [9.17, 15) is 28.0 Å². The fraction of sp³-hybridized carbons (Fsp3) is 0.429. The fourth-order valence-electron chi connectivity index (χ4n) is 4.12. The van der Waals surface area contributed by atoms with Crippen LogP contribution >= 0.6 is 0 Å². The number of H-pyrrole nitrogens is 1. The molecule has 0 aromatic carbocycles. The summed E-state index contributed by atoms with van der Waals surface area (Å²) in [4.78, 5) is 62.9. The van der Waals surface area contributed by atoms with Crippen molar-refractivity contribution >= 4 is 34.6 Å². The molecule has 42 heavy (non-hydrogen) atoms. The number of allylic oxidation sites excluding steroid dienone is 1. The number of hydrogen-bond acceptors (Lipinski definition) is 7. The second-order valence-corrected chi connectivity index (χ2v) is 10.3. The Labute approximate surface area is 241 Å². The lowest BCUT2D eigenvalue weighted by atomic mass is 10.1. The number of carbonyl (C=O) groups is 3. The quantitative estimate of drug-likeness (QED) is 0.292. The lowest BCUT2D eigenvalue weighted by Gasteiger charge is -2.18. The highest BCUT2D eigenvalue weighted by atomic mass is 19.1.